The number of thioether (sulfide) groups is 1. The number of hydrogen-bond donors (Lipinski definition) is 0. The molecule has 0 radical (unpaired) electrons. The van der Waals surface area contributed by atoms with Crippen LogP contribution in [0, 0.1) is 11.8 Å². The molecule has 1 aromatic carbocycles. The summed E-state index contributed by atoms with van der Waals surface area (Å²) in [4.78, 5) is 31.1. The molecule has 3 heterocycles. The number of rotatable bonds is 3. The highest BCUT2D eigenvalue weighted by Gasteiger charge is 2.41. The lowest BCUT2D eigenvalue weighted by molar-refractivity contribution is -0.138. The third-order valence-corrected chi connectivity index (χ3v) is 6.87. The average molecular weight is 359 g/mol. The summed E-state index contributed by atoms with van der Waals surface area (Å²) in [5.41, 5.74) is 0.805. The lowest BCUT2D eigenvalue weighted by atomic mass is 9.84. The van der Waals surface area contributed by atoms with E-state index in [4.69, 9.17) is 0 Å². The van der Waals surface area contributed by atoms with Gasteiger partial charge in [0.1, 0.15) is 0 Å². The van der Waals surface area contributed by atoms with Crippen LogP contribution in [-0.4, -0.2) is 53.5 Å². The molecule has 1 aromatic rings. The first kappa shape index (κ1) is 17.0. The van der Waals surface area contributed by atoms with Crippen molar-refractivity contribution < 1.29 is 9.59 Å². The van der Waals surface area contributed by atoms with Gasteiger partial charge in [0.25, 0.3) is 5.91 Å². The Bertz CT molecular complexity index is 673. The van der Waals surface area contributed by atoms with Crippen LogP contribution >= 0.6 is 11.8 Å². The fraction of sp³-hybridized carbons (Fsp3) is 0.600. The van der Waals surface area contributed by atoms with Gasteiger partial charge in [0.2, 0.25) is 5.91 Å². The van der Waals surface area contributed by atoms with Crippen LogP contribution in [0.3, 0.4) is 0 Å². The molecule has 2 amide bonds. The number of carbonyl (C=O) groups is 2. The second kappa shape index (κ2) is 7.02. The Morgan fingerprint density at radius 2 is 1.84 bits per heavy atom. The molecule has 1 aliphatic carbocycles. The van der Waals surface area contributed by atoms with Gasteiger partial charge < -0.3 is 9.80 Å². The third-order valence-electron chi connectivity index (χ3n) is 6.08. The number of fused-ring (bicyclic) bond motifs is 4. The molecule has 4 aliphatic rings. The lowest BCUT2D eigenvalue weighted by Crippen LogP contribution is -2.48. The zero-order valence-electron chi connectivity index (χ0n) is 14.8. The largest absolute Gasteiger partial charge is 0.340 e. The van der Waals surface area contributed by atoms with Crippen LogP contribution in [0.2, 0.25) is 0 Å². The van der Waals surface area contributed by atoms with Gasteiger partial charge in [-0.3, -0.25) is 9.59 Å². The average Bonchev–Trinajstić information content (AvgIpc) is 2.91. The molecule has 3 aliphatic heterocycles. The second-order valence-corrected chi connectivity index (χ2v) is 8.47. The molecule has 1 saturated carbocycles. The quantitative estimate of drug-likeness (QED) is 0.779. The van der Waals surface area contributed by atoms with E-state index in [0.29, 0.717) is 11.8 Å². The predicted molar refractivity (Wildman–Crippen MR) is 99.7 cm³/mol. The van der Waals surface area contributed by atoms with E-state index in [2.05, 4.69) is 9.80 Å². The lowest BCUT2D eigenvalue weighted by Gasteiger charge is -2.36. The highest BCUT2D eigenvalue weighted by atomic mass is 32.2. The molecular formula is C20H26N2O2S. The van der Waals surface area contributed by atoms with E-state index in [1.807, 2.05) is 30.5 Å². The Labute approximate surface area is 153 Å². The highest BCUT2D eigenvalue weighted by Crippen LogP contribution is 2.34. The molecule has 0 spiro atoms. The van der Waals surface area contributed by atoms with Crippen molar-refractivity contribution in [1.29, 1.82) is 0 Å². The van der Waals surface area contributed by atoms with Crippen LogP contribution in [0.15, 0.2) is 29.2 Å². The minimum Gasteiger partial charge on any atom is -0.340 e. The van der Waals surface area contributed by atoms with Crippen molar-refractivity contribution in [3.8, 4) is 0 Å². The molecule has 0 aromatic heterocycles. The third kappa shape index (κ3) is 3.19. The topological polar surface area (TPSA) is 40.6 Å². The zero-order valence-corrected chi connectivity index (χ0v) is 15.6. The second-order valence-electron chi connectivity index (χ2n) is 7.63. The molecule has 5 rings (SSSR count). The minimum absolute atomic E-state index is 0.137. The number of benzene rings is 1. The number of nitrogens with zero attached hydrogens (tertiary/aromatic N) is 2. The molecule has 2 atom stereocenters. The van der Waals surface area contributed by atoms with E-state index < -0.39 is 0 Å². The van der Waals surface area contributed by atoms with Gasteiger partial charge in [0.05, 0.1) is 5.56 Å². The molecule has 4 fully saturated rings. The molecule has 25 heavy (non-hydrogen) atoms. The van der Waals surface area contributed by atoms with Crippen molar-refractivity contribution in [2.24, 2.45) is 11.8 Å². The van der Waals surface area contributed by atoms with E-state index in [1.54, 1.807) is 11.8 Å². The monoisotopic (exact) mass is 358 g/mol. The van der Waals surface area contributed by atoms with Crippen LogP contribution in [0.5, 0.6) is 0 Å². The summed E-state index contributed by atoms with van der Waals surface area (Å²) < 4.78 is 0. The summed E-state index contributed by atoms with van der Waals surface area (Å²) in [6.45, 7) is 2.35. The van der Waals surface area contributed by atoms with Crippen LogP contribution in [0.1, 0.15) is 42.5 Å². The first-order valence-corrected chi connectivity index (χ1v) is 10.6. The molecule has 2 bridgehead atoms. The Morgan fingerprint density at radius 1 is 1.04 bits per heavy atom. The van der Waals surface area contributed by atoms with E-state index in [0.717, 1.165) is 55.8 Å². The number of piperidine rings is 1. The molecule has 3 saturated heterocycles. The number of hydrogen-bond acceptors (Lipinski definition) is 3. The minimum atomic E-state index is 0.137. The molecule has 5 heteroatoms. The summed E-state index contributed by atoms with van der Waals surface area (Å²) in [7, 11) is 0. The van der Waals surface area contributed by atoms with Crippen molar-refractivity contribution in [3.63, 3.8) is 0 Å². The van der Waals surface area contributed by atoms with Gasteiger partial charge in [-0.25, -0.2) is 0 Å². The maximum absolute atomic E-state index is 13.2. The van der Waals surface area contributed by atoms with Crippen LogP contribution in [0.4, 0.5) is 0 Å². The molecule has 134 valence electrons. The van der Waals surface area contributed by atoms with Gasteiger partial charge in [-0.2, -0.15) is 0 Å². The fourth-order valence-corrected chi connectivity index (χ4v) is 4.99. The van der Waals surface area contributed by atoms with E-state index in [-0.39, 0.29) is 17.9 Å². The summed E-state index contributed by atoms with van der Waals surface area (Å²) in [6, 6.07) is 8.04. The Balaban J connectivity index is 1.54. The summed E-state index contributed by atoms with van der Waals surface area (Å²) in [6.07, 6.45) is 7.45. The molecule has 0 N–H and O–H groups in total. The molecule has 0 unspecified atom stereocenters. The summed E-state index contributed by atoms with van der Waals surface area (Å²) in [5, 5.41) is 0. The van der Waals surface area contributed by atoms with Gasteiger partial charge >= 0.3 is 0 Å². The Hall–Kier alpha value is -1.49. The molecular weight excluding hydrogens is 332 g/mol. The van der Waals surface area contributed by atoms with Gasteiger partial charge in [-0.15, -0.1) is 11.8 Å². The summed E-state index contributed by atoms with van der Waals surface area (Å²) in [5.74, 6) is 1.14. The zero-order chi connectivity index (χ0) is 17.4. The molecule has 4 nitrogen and oxygen atoms in total. The van der Waals surface area contributed by atoms with Crippen LogP contribution < -0.4 is 0 Å². The van der Waals surface area contributed by atoms with Crippen LogP contribution in [0.25, 0.3) is 0 Å². The van der Waals surface area contributed by atoms with Gasteiger partial charge in [0.15, 0.2) is 0 Å². The maximum Gasteiger partial charge on any atom is 0.255 e. The van der Waals surface area contributed by atoms with E-state index in [9.17, 15) is 9.59 Å². The van der Waals surface area contributed by atoms with E-state index in [1.165, 1.54) is 6.42 Å². The van der Waals surface area contributed by atoms with Crippen LogP contribution in [-0.2, 0) is 4.79 Å². The normalized spacial score (nSPS) is 26.3. The standard InChI is InChI=1S/C20H26N2O2S/c1-25-18-8-3-2-7-17(18)20(24)22-12-14-9-10-16(22)13-21(11-14)19(23)15-5-4-6-15/h2-3,7-8,14-16H,4-6,9-13H2,1H3/t14-,16+/m1/s1. The number of carbonyl (C=O) groups excluding carboxylic acids is 2. The summed E-state index contributed by atoms with van der Waals surface area (Å²) >= 11 is 1.62. The van der Waals surface area contributed by atoms with Crippen molar-refractivity contribution in [2.75, 3.05) is 25.9 Å². The fourth-order valence-electron chi connectivity index (χ4n) is 4.40. The van der Waals surface area contributed by atoms with Gasteiger partial charge in [0, 0.05) is 36.5 Å². The maximum atomic E-state index is 13.2. The number of amides is 2. The smallest absolute Gasteiger partial charge is 0.255 e. The van der Waals surface area contributed by atoms with Crippen molar-refractivity contribution in [1.82, 2.24) is 9.80 Å². The van der Waals surface area contributed by atoms with Gasteiger partial charge in [-0.1, -0.05) is 18.6 Å². The van der Waals surface area contributed by atoms with Crippen molar-refractivity contribution in [2.45, 2.75) is 43.0 Å². The predicted octanol–water partition coefficient (Wildman–Crippen LogP) is 3.27. The Morgan fingerprint density at radius 3 is 2.56 bits per heavy atom. The van der Waals surface area contributed by atoms with E-state index >= 15 is 0 Å². The first-order valence-electron chi connectivity index (χ1n) is 9.40. The Kier molecular flexibility index (Phi) is 4.76. The highest BCUT2D eigenvalue weighted by molar-refractivity contribution is 7.98. The van der Waals surface area contributed by atoms with Crippen molar-refractivity contribution in [3.05, 3.63) is 29.8 Å². The van der Waals surface area contributed by atoms with Gasteiger partial charge in [-0.05, 0) is 50.0 Å². The first-order chi connectivity index (χ1) is 12.2. The van der Waals surface area contributed by atoms with Crippen molar-refractivity contribution >= 4 is 23.6 Å². The SMILES string of the molecule is CSc1ccccc1C(=O)N1C[C@@H]2CC[C@H]1CN(C(=O)C1CCC1)C2.